The standard InChI is InChI=1S/C21H29FN4O2/c1-12-6-9-15-19(26(12)21(27)13-7-8-13)17(22)10-16(18(23)11-25(2)24)20(15)28-14-4-3-5-14/h10-14H,3-9,23-24H2,1-2H3/b18-11-. The van der Waals surface area contributed by atoms with Crippen molar-refractivity contribution in [3.8, 4) is 5.75 Å². The van der Waals surface area contributed by atoms with Crippen molar-refractivity contribution in [1.29, 1.82) is 0 Å². The third-order valence-corrected chi connectivity index (χ3v) is 5.95. The van der Waals surface area contributed by atoms with Crippen LogP contribution in [-0.4, -0.2) is 30.1 Å². The van der Waals surface area contributed by atoms with E-state index in [1.165, 1.54) is 11.1 Å². The number of nitrogens with zero attached hydrogens (tertiary/aromatic N) is 2. The maximum atomic E-state index is 15.3. The number of amides is 1. The van der Waals surface area contributed by atoms with Gasteiger partial charge < -0.3 is 20.4 Å². The molecule has 28 heavy (non-hydrogen) atoms. The highest BCUT2D eigenvalue weighted by Crippen LogP contribution is 2.46. The zero-order valence-electron chi connectivity index (χ0n) is 16.6. The van der Waals surface area contributed by atoms with Crippen molar-refractivity contribution in [2.45, 2.75) is 64.0 Å². The average molecular weight is 388 g/mol. The van der Waals surface area contributed by atoms with Crippen molar-refractivity contribution in [3.63, 3.8) is 0 Å². The molecule has 1 heterocycles. The fourth-order valence-corrected chi connectivity index (χ4v) is 4.02. The molecule has 0 spiro atoms. The summed E-state index contributed by atoms with van der Waals surface area (Å²) in [5.41, 5.74) is 8.21. The van der Waals surface area contributed by atoms with Crippen molar-refractivity contribution < 1.29 is 13.9 Å². The highest BCUT2D eigenvalue weighted by atomic mass is 19.1. The number of benzene rings is 1. The highest BCUT2D eigenvalue weighted by molar-refractivity contribution is 5.99. The van der Waals surface area contributed by atoms with E-state index >= 15 is 4.39 Å². The molecule has 4 rings (SSSR count). The molecule has 2 fully saturated rings. The minimum absolute atomic E-state index is 0.0272. The fraction of sp³-hybridized carbons (Fsp3) is 0.571. The van der Waals surface area contributed by atoms with Gasteiger partial charge in [-0.1, -0.05) is 0 Å². The summed E-state index contributed by atoms with van der Waals surface area (Å²) in [6, 6.07) is 1.37. The van der Waals surface area contributed by atoms with E-state index < -0.39 is 5.82 Å². The zero-order chi connectivity index (χ0) is 20.0. The van der Waals surface area contributed by atoms with Gasteiger partial charge in [0.25, 0.3) is 0 Å². The average Bonchev–Trinajstić information content (AvgIpc) is 3.43. The van der Waals surface area contributed by atoms with E-state index in [2.05, 4.69) is 0 Å². The molecule has 0 bridgehead atoms. The molecule has 3 aliphatic rings. The first-order valence-corrected chi connectivity index (χ1v) is 10.2. The van der Waals surface area contributed by atoms with Gasteiger partial charge in [0.05, 0.1) is 17.5 Å². The van der Waals surface area contributed by atoms with Gasteiger partial charge in [0.15, 0.2) is 0 Å². The van der Waals surface area contributed by atoms with Crippen LogP contribution in [0.3, 0.4) is 0 Å². The monoisotopic (exact) mass is 388 g/mol. The normalized spacial score (nSPS) is 22.5. The molecule has 2 saturated carbocycles. The first kappa shape index (κ1) is 19.1. The van der Waals surface area contributed by atoms with Gasteiger partial charge in [-0.25, -0.2) is 10.2 Å². The zero-order valence-corrected chi connectivity index (χ0v) is 16.6. The van der Waals surface area contributed by atoms with E-state index in [-0.39, 0.29) is 24.0 Å². The third kappa shape index (κ3) is 3.43. The number of carbonyl (C=O) groups excluding carboxylic acids is 1. The molecule has 2 aliphatic carbocycles. The van der Waals surface area contributed by atoms with Crippen LogP contribution in [0.2, 0.25) is 0 Å². The van der Waals surface area contributed by atoms with Gasteiger partial charge in [-0.05, 0) is 57.9 Å². The molecule has 0 saturated heterocycles. The van der Waals surface area contributed by atoms with Gasteiger partial charge in [0, 0.05) is 36.3 Å². The van der Waals surface area contributed by atoms with E-state index in [9.17, 15) is 4.79 Å². The number of halogens is 1. The highest BCUT2D eigenvalue weighted by Gasteiger charge is 2.41. The fourth-order valence-electron chi connectivity index (χ4n) is 4.02. The van der Waals surface area contributed by atoms with Crippen LogP contribution >= 0.6 is 0 Å². The quantitative estimate of drug-likeness (QED) is 0.598. The summed E-state index contributed by atoms with van der Waals surface area (Å²) >= 11 is 0. The molecule has 7 heteroatoms. The summed E-state index contributed by atoms with van der Waals surface area (Å²) < 4.78 is 21.6. The molecule has 0 aromatic heterocycles. The Morgan fingerprint density at radius 3 is 2.61 bits per heavy atom. The van der Waals surface area contributed by atoms with Crippen molar-refractivity contribution in [2.24, 2.45) is 17.5 Å². The predicted octanol–water partition coefficient (Wildman–Crippen LogP) is 2.90. The number of fused-ring (bicyclic) bond motifs is 1. The number of carbonyl (C=O) groups is 1. The number of rotatable bonds is 5. The van der Waals surface area contributed by atoms with Gasteiger partial charge in [-0.3, -0.25) is 4.79 Å². The van der Waals surface area contributed by atoms with Gasteiger partial charge in [-0.15, -0.1) is 0 Å². The molecule has 1 aliphatic heterocycles. The second-order valence-corrected chi connectivity index (χ2v) is 8.35. The Morgan fingerprint density at radius 2 is 2.04 bits per heavy atom. The van der Waals surface area contributed by atoms with Crippen LogP contribution in [-0.2, 0) is 11.2 Å². The summed E-state index contributed by atoms with van der Waals surface area (Å²) in [7, 11) is 1.66. The number of hydrogen-bond donors (Lipinski definition) is 2. The minimum Gasteiger partial charge on any atom is -0.489 e. The van der Waals surface area contributed by atoms with E-state index in [4.69, 9.17) is 16.3 Å². The summed E-state index contributed by atoms with van der Waals surface area (Å²) in [5, 5.41) is 1.34. The van der Waals surface area contributed by atoms with Gasteiger partial charge >= 0.3 is 0 Å². The van der Waals surface area contributed by atoms with Crippen LogP contribution in [0, 0.1) is 11.7 Å². The number of anilines is 1. The third-order valence-electron chi connectivity index (χ3n) is 5.95. The van der Waals surface area contributed by atoms with Gasteiger partial charge in [0.1, 0.15) is 11.6 Å². The Bertz CT molecular complexity index is 815. The second-order valence-electron chi connectivity index (χ2n) is 8.35. The smallest absolute Gasteiger partial charge is 0.230 e. The second kappa shape index (κ2) is 7.28. The van der Waals surface area contributed by atoms with E-state index in [0.717, 1.165) is 44.1 Å². The SMILES string of the molecule is CC1CCc2c(OC3CCC3)c(/C(N)=C/N(C)N)cc(F)c2N1C(=O)C1CC1. The molecule has 1 aromatic rings. The molecule has 0 radical (unpaired) electrons. The molecule has 1 aromatic carbocycles. The van der Waals surface area contributed by atoms with Crippen LogP contribution in [0.5, 0.6) is 5.75 Å². The summed E-state index contributed by atoms with van der Waals surface area (Å²) in [4.78, 5) is 14.6. The Balaban J connectivity index is 1.84. The topological polar surface area (TPSA) is 84.8 Å². The van der Waals surface area contributed by atoms with E-state index in [1.807, 2.05) is 6.92 Å². The van der Waals surface area contributed by atoms with E-state index in [0.29, 0.717) is 29.1 Å². The van der Waals surface area contributed by atoms with Crippen LogP contribution in [0.15, 0.2) is 12.3 Å². The lowest BCUT2D eigenvalue weighted by Crippen LogP contribution is -2.44. The van der Waals surface area contributed by atoms with Crippen molar-refractivity contribution >= 4 is 17.3 Å². The first-order chi connectivity index (χ1) is 13.4. The molecule has 4 N–H and O–H groups in total. The summed E-state index contributed by atoms with van der Waals surface area (Å²) in [6.07, 6.45) is 7.96. The maximum absolute atomic E-state index is 15.3. The molecule has 1 amide bonds. The van der Waals surface area contributed by atoms with Crippen molar-refractivity contribution in [2.75, 3.05) is 11.9 Å². The molecule has 152 valence electrons. The van der Waals surface area contributed by atoms with Crippen LogP contribution in [0.1, 0.15) is 56.6 Å². The predicted molar refractivity (Wildman–Crippen MR) is 107 cm³/mol. The molecule has 1 atom stereocenters. The number of hydrazine groups is 1. The first-order valence-electron chi connectivity index (χ1n) is 10.2. The largest absolute Gasteiger partial charge is 0.489 e. The lowest BCUT2D eigenvalue weighted by Gasteiger charge is -2.38. The van der Waals surface area contributed by atoms with Crippen molar-refractivity contribution in [3.05, 3.63) is 29.2 Å². The molecule has 6 nitrogen and oxygen atoms in total. The number of nitrogens with two attached hydrogens (primary N) is 2. The van der Waals surface area contributed by atoms with Crippen LogP contribution < -0.4 is 21.2 Å². The molecular formula is C21H29FN4O2. The number of hydrogen-bond acceptors (Lipinski definition) is 5. The Hall–Kier alpha value is -2.28. The molecule has 1 unspecified atom stereocenters. The Morgan fingerprint density at radius 1 is 1.32 bits per heavy atom. The lowest BCUT2D eigenvalue weighted by atomic mass is 9.91. The van der Waals surface area contributed by atoms with Crippen LogP contribution in [0.4, 0.5) is 10.1 Å². The Kier molecular flexibility index (Phi) is 4.95. The van der Waals surface area contributed by atoms with Crippen LogP contribution in [0.25, 0.3) is 5.70 Å². The van der Waals surface area contributed by atoms with E-state index in [1.54, 1.807) is 18.1 Å². The lowest BCUT2D eigenvalue weighted by molar-refractivity contribution is -0.120. The van der Waals surface area contributed by atoms with Gasteiger partial charge in [0.2, 0.25) is 5.91 Å². The molecular weight excluding hydrogens is 359 g/mol. The van der Waals surface area contributed by atoms with Crippen molar-refractivity contribution in [1.82, 2.24) is 5.01 Å². The minimum atomic E-state index is -0.428. The summed E-state index contributed by atoms with van der Waals surface area (Å²) in [6.45, 7) is 1.99. The Labute approximate surface area is 165 Å². The summed E-state index contributed by atoms with van der Waals surface area (Å²) in [5.74, 6) is 5.94. The maximum Gasteiger partial charge on any atom is 0.230 e. The van der Waals surface area contributed by atoms with Gasteiger partial charge in [-0.2, -0.15) is 0 Å². The number of ether oxygens (including phenoxy) is 1.